The largest absolute Gasteiger partial charge is 0.493 e. The molecular weight excluding hydrogens is 236 g/mol. The number of carbonyl (C=O) groups is 1. The third kappa shape index (κ3) is 2.00. The minimum atomic E-state index is -1.07. The molecule has 6 nitrogen and oxygen atoms in total. The summed E-state index contributed by atoms with van der Waals surface area (Å²) in [5.74, 6) is 0.0109. The number of carboxylic acids is 1. The lowest BCUT2D eigenvalue weighted by molar-refractivity contribution is -0.132. The van der Waals surface area contributed by atoms with E-state index in [1.54, 1.807) is 18.2 Å². The molecular formula is C12H11N2O4. The van der Waals surface area contributed by atoms with Crippen LogP contribution in [0.4, 0.5) is 0 Å². The van der Waals surface area contributed by atoms with Gasteiger partial charge in [-0.15, -0.1) is 5.10 Å². The summed E-state index contributed by atoms with van der Waals surface area (Å²) in [7, 11) is 3.04. The molecule has 18 heavy (non-hydrogen) atoms. The molecule has 93 valence electrons. The molecule has 1 aromatic carbocycles. The summed E-state index contributed by atoms with van der Waals surface area (Å²) in [5.41, 5.74) is 4.59. The van der Waals surface area contributed by atoms with Crippen LogP contribution in [0.1, 0.15) is 5.56 Å². The molecule has 0 bridgehead atoms. The molecule has 0 spiro atoms. The van der Waals surface area contributed by atoms with Crippen LogP contribution in [-0.4, -0.2) is 31.0 Å². The summed E-state index contributed by atoms with van der Waals surface area (Å²) in [4.78, 5) is 11.0. The molecule has 0 amide bonds. The molecule has 6 heteroatoms. The van der Waals surface area contributed by atoms with Crippen molar-refractivity contribution < 1.29 is 19.4 Å². The third-order valence-corrected chi connectivity index (χ3v) is 2.49. The fourth-order valence-corrected chi connectivity index (χ4v) is 1.61. The summed E-state index contributed by atoms with van der Waals surface area (Å²) in [6.07, 6.45) is 1.22. The predicted molar refractivity (Wildman–Crippen MR) is 63.9 cm³/mol. The minimum Gasteiger partial charge on any atom is -0.493 e. The van der Waals surface area contributed by atoms with Gasteiger partial charge in [0, 0.05) is 5.56 Å². The van der Waals surface area contributed by atoms with Gasteiger partial charge >= 0.3 is 5.97 Å². The highest BCUT2D eigenvalue weighted by Gasteiger charge is 2.22. The van der Waals surface area contributed by atoms with Crippen molar-refractivity contribution in [2.24, 2.45) is 5.10 Å². The van der Waals surface area contributed by atoms with Crippen LogP contribution in [0.5, 0.6) is 11.5 Å². The average molecular weight is 247 g/mol. The fraction of sp³-hybridized carbons (Fsp3) is 0.167. The number of hydrogen-bond donors (Lipinski definition) is 1. The van der Waals surface area contributed by atoms with Crippen LogP contribution in [-0.2, 0) is 4.79 Å². The molecule has 2 rings (SSSR count). The summed E-state index contributed by atoms with van der Waals surface area (Å²) in [6, 6.07) is 5.06. The van der Waals surface area contributed by atoms with Crippen molar-refractivity contribution in [3.05, 3.63) is 35.5 Å². The molecule has 1 N–H and O–H groups in total. The Labute approximate surface area is 104 Å². The SMILES string of the molecule is COc1ccc(C2=N[N]C=C2C(=O)O)cc1OC. The molecule has 1 heterocycles. The predicted octanol–water partition coefficient (Wildman–Crippen LogP) is 0.994. The molecule has 0 atom stereocenters. The van der Waals surface area contributed by atoms with Gasteiger partial charge < -0.3 is 14.6 Å². The van der Waals surface area contributed by atoms with Gasteiger partial charge in [0.05, 0.1) is 20.4 Å². The van der Waals surface area contributed by atoms with Gasteiger partial charge in [0.1, 0.15) is 11.3 Å². The zero-order valence-corrected chi connectivity index (χ0v) is 9.88. The summed E-state index contributed by atoms with van der Waals surface area (Å²) in [5, 5.41) is 12.8. The van der Waals surface area contributed by atoms with Crippen molar-refractivity contribution in [2.75, 3.05) is 14.2 Å². The first-order chi connectivity index (χ1) is 8.67. The summed E-state index contributed by atoms with van der Waals surface area (Å²) < 4.78 is 10.3. The number of hydrogen-bond acceptors (Lipinski definition) is 4. The van der Waals surface area contributed by atoms with Gasteiger partial charge in [0.15, 0.2) is 11.5 Å². The van der Waals surface area contributed by atoms with E-state index in [1.165, 1.54) is 20.4 Å². The normalized spacial score (nSPS) is 13.4. The van der Waals surface area contributed by atoms with Crippen molar-refractivity contribution in [2.45, 2.75) is 0 Å². The van der Waals surface area contributed by atoms with Gasteiger partial charge in [-0.1, -0.05) is 0 Å². The highest BCUT2D eigenvalue weighted by atomic mass is 16.5. The fourth-order valence-electron chi connectivity index (χ4n) is 1.61. The molecule has 0 saturated carbocycles. The van der Waals surface area contributed by atoms with Crippen LogP contribution in [0.3, 0.4) is 0 Å². The number of methoxy groups -OCH3 is 2. The maximum Gasteiger partial charge on any atom is 0.339 e. The van der Waals surface area contributed by atoms with Gasteiger partial charge in [-0.25, -0.2) is 4.79 Å². The van der Waals surface area contributed by atoms with Crippen LogP contribution in [0.15, 0.2) is 35.1 Å². The van der Waals surface area contributed by atoms with Crippen molar-refractivity contribution in [3.8, 4) is 11.5 Å². The van der Waals surface area contributed by atoms with Crippen molar-refractivity contribution in [3.63, 3.8) is 0 Å². The Morgan fingerprint density at radius 2 is 1.94 bits per heavy atom. The van der Waals surface area contributed by atoms with Crippen molar-refractivity contribution >= 4 is 11.7 Å². The van der Waals surface area contributed by atoms with E-state index in [9.17, 15) is 4.79 Å². The maximum absolute atomic E-state index is 11.0. The quantitative estimate of drug-likeness (QED) is 0.860. The average Bonchev–Trinajstić information content (AvgIpc) is 2.87. The second-order valence-corrected chi connectivity index (χ2v) is 3.48. The standard InChI is InChI=1S/C12H11N2O4/c1-17-9-4-3-7(5-10(9)18-2)11-8(12(15)16)6-13-14-11/h3-6H,1-2H3,(H,15,16). The molecule has 0 aromatic heterocycles. The lowest BCUT2D eigenvalue weighted by Crippen LogP contribution is -2.11. The Kier molecular flexibility index (Phi) is 3.18. The van der Waals surface area contributed by atoms with E-state index in [1.807, 2.05) is 0 Å². The number of nitrogens with zero attached hydrogens (tertiary/aromatic N) is 2. The lowest BCUT2D eigenvalue weighted by Gasteiger charge is -2.09. The van der Waals surface area contributed by atoms with E-state index in [0.29, 0.717) is 22.8 Å². The van der Waals surface area contributed by atoms with E-state index < -0.39 is 5.97 Å². The zero-order valence-electron chi connectivity index (χ0n) is 9.88. The lowest BCUT2D eigenvalue weighted by atomic mass is 10.0. The molecule has 0 fully saturated rings. The molecule has 1 aliphatic rings. The molecule has 1 radical (unpaired) electrons. The van der Waals surface area contributed by atoms with E-state index in [2.05, 4.69) is 10.5 Å². The van der Waals surface area contributed by atoms with Gasteiger partial charge in [-0.3, -0.25) is 0 Å². The van der Waals surface area contributed by atoms with Crippen LogP contribution in [0.25, 0.3) is 0 Å². The van der Waals surface area contributed by atoms with E-state index in [4.69, 9.17) is 14.6 Å². The smallest absolute Gasteiger partial charge is 0.339 e. The van der Waals surface area contributed by atoms with Crippen molar-refractivity contribution in [1.29, 1.82) is 0 Å². The van der Waals surface area contributed by atoms with Gasteiger partial charge in [-0.05, 0) is 18.2 Å². The van der Waals surface area contributed by atoms with Crippen LogP contribution in [0.2, 0.25) is 0 Å². The van der Waals surface area contributed by atoms with E-state index in [-0.39, 0.29) is 5.57 Å². The summed E-state index contributed by atoms with van der Waals surface area (Å²) >= 11 is 0. The Hall–Kier alpha value is -2.50. The number of ether oxygens (including phenoxy) is 2. The first-order valence-electron chi connectivity index (χ1n) is 5.11. The summed E-state index contributed by atoms with van der Waals surface area (Å²) in [6.45, 7) is 0. The molecule has 0 saturated heterocycles. The molecule has 1 aromatic rings. The Morgan fingerprint density at radius 1 is 1.22 bits per heavy atom. The monoisotopic (exact) mass is 247 g/mol. The number of carboxylic acid groups (broad SMARTS) is 1. The van der Waals surface area contributed by atoms with E-state index in [0.717, 1.165) is 0 Å². The Balaban J connectivity index is 2.41. The van der Waals surface area contributed by atoms with Crippen molar-refractivity contribution in [1.82, 2.24) is 5.43 Å². The van der Waals surface area contributed by atoms with Gasteiger partial charge in [0.2, 0.25) is 0 Å². The number of benzene rings is 1. The zero-order chi connectivity index (χ0) is 13.1. The minimum absolute atomic E-state index is 0.0576. The first-order valence-corrected chi connectivity index (χ1v) is 5.11. The number of aliphatic carboxylic acids is 1. The topological polar surface area (TPSA) is 82.2 Å². The van der Waals surface area contributed by atoms with Crippen LogP contribution >= 0.6 is 0 Å². The Bertz CT molecular complexity index is 549. The second kappa shape index (κ2) is 4.79. The maximum atomic E-state index is 11.0. The van der Waals surface area contributed by atoms with Crippen LogP contribution in [0, 0.1) is 0 Å². The van der Waals surface area contributed by atoms with E-state index >= 15 is 0 Å². The highest BCUT2D eigenvalue weighted by molar-refractivity contribution is 6.27. The highest BCUT2D eigenvalue weighted by Crippen LogP contribution is 2.29. The Morgan fingerprint density at radius 3 is 2.56 bits per heavy atom. The molecule has 0 aliphatic carbocycles. The second-order valence-electron chi connectivity index (χ2n) is 3.48. The van der Waals surface area contributed by atoms with Gasteiger partial charge in [-0.2, -0.15) is 5.43 Å². The van der Waals surface area contributed by atoms with Crippen LogP contribution < -0.4 is 14.9 Å². The molecule has 1 aliphatic heterocycles. The third-order valence-electron chi connectivity index (χ3n) is 2.49. The first kappa shape index (κ1) is 12.0. The molecule has 0 unspecified atom stereocenters. The number of rotatable bonds is 4. The van der Waals surface area contributed by atoms with Gasteiger partial charge in [0.25, 0.3) is 0 Å².